The molecule has 0 saturated heterocycles. The lowest BCUT2D eigenvalue weighted by atomic mass is 10.6. The molecule has 3 heteroatoms. The van der Waals surface area contributed by atoms with Crippen molar-refractivity contribution in [1.82, 2.24) is 0 Å². The molecule has 0 nitrogen and oxygen atoms in total. The van der Waals surface area contributed by atoms with Gasteiger partial charge in [-0.05, 0) is 8.55 Å². The molecule has 0 aromatic heterocycles. The molecule has 0 N–H and O–H groups in total. The van der Waals surface area contributed by atoms with Gasteiger partial charge in [0.2, 0.25) is 0 Å². The van der Waals surface area contributed by atoms with E-state index in [-0.39, 0.29) is 0 Å². The van der Waals surface area contributed by atoms with Gasteiger partial charge in [-0.25, -0.2) is 0 Å². The second kappa shape index (κ2) is 4.80. The lowest BCUT2D eigenvalue weighted by Crippen LogP contribution is -2.11. The van der Waals surface area contributed by atoms with E-state index in [4.69, 9.17) is 0 Å². The number of hydrogen-bond donors (Lipinski definition) is 0. The molecule has 0 fully saturated rings. The summed E-state index contributed by atoms with van der Waals surface area (Å²) in [5.41, 5.74) is 1.14. The molecule has 0 saturated carbocycles. The topological polar surface area (TPSA) is 0 Å². The molecule has 0 aliphatic carbocycles. The predicted molar refractivity (Wildman–Crippen MR) is 46.6 cm³/mol. The van der Waals surface area contributed by atoms with Crippen molar-refractivity contribution in [2.24, 2.45) is 0 Å². The number of hydrogen-bond acceptors (Lipinski definition) is 0. The van der Waals surface area contributed by atoms with Crippen molar-refractivity contribution in [2.45, 2.75) is 25.9 Å². The van der Waals surface area contributed by atoms with Gasteiger partial charge in [-0.1, -0.05) is 25.9 Å². The average Bonchev–Trinajstić information content (AvgIpc) is 1.61. The third-order valence-electron chi connectivity index (χ3n) is 1.14. The number of rotatable bonds is 3. The third-order valence-corrected chi connectivity index (χ3v) is 20.3. The Morgan fingerprint density at radius 1 is 1.29 bits per heavy atom. The van der Waals surface area contributed by atoms with E-state index in [1.807, 2.05) is 0 Å². The Labute approximate surface area is 53.1 Å². The van der Waals surface area contributed by atoms with E-state index >= 15 is 0 Å². The van der Waals surface area contributed by atoms with Crippen molar-refractivity contribution >= 4 is 26.6 Å². The van der Waals surface area contributed by atoms with E-state index in [9.17, 15) is 0 Å². The molecule has 0 bridgehead atoms. The Morgan fingerprint density at radius 2 is 1.86 bits per heavy atom. The third kappa shape index (κ3) is 6.65. The molecule has 44 valence electrons. The Hall–Kier alpha value is 0.651. The van der Waals surface area contributed by atoms with Crippen LogP contribution in [0.4, 0.5) is 0 Å². The van der Waals surface area contributed by atoms with Gasteiger partial charge in [0.05, 0.1) is 0 Å². The van der Waals surface area contributed by atoms with Gasteiger partial charge in [-0.15, -0.1) is 0 Å². The quantitative estimate of drug-likeness (QED) is 0.460. The van der Waals surface area contributed by atoms with E-state index in [2.05, 4.69) is 20.4 Å². The molecule has 0 aromatic carbocycles. The highest BCUT2D eigenvalue weighted by atomic mass is 29.5. The summed E-state index contributed by atoms with van der Waals surface area (Å²) >= 11 is 0. The highest BCUT2D eigenvalue weighted by Crippen LogP contribution is 1.92. The Balaban J connectivity index is 2.68. The standard InChI is InChI=1S/C4H16Si3/c1-4(2)6-7-5-3/h4H,5-7H2,1-3H3. The van der Waals surface area contributed by atoms with Crippen LogP contribution in [0.2, 0.25) is 12.1 Å². The average molecular weight is 148 g/mol. The van der Waals surface area contributed by atoms with Crippen molar-refractivity contribution in [3.63, 3.8) is 0 Å². The molecule has 0 rings (SSSR count). The molecule has 0 unspecified atom stereocenters. The van der Waals surface area contributed by atoms with E-state index in [0.29, 0.717) is 26.6 Å². The van der Waals surface area contributed by atoms with Gasteiger partial charge in [-0.2, -0.15) is 0 Å². The molecule has 0 aromatic rings. The SMILES string of the molecule is C[SiH2][SiH2][SiH2]C(C)C. The maximum atomic E-state index is 2.47. The summed E-state index contributed by atoms with van der Waals surface area (Å²) in [7, 11) is 1.77. The van der Waals surface area contributed by atoms with E-state index in [1.54, 1.807) is 0 Å². The fraction of sp³-hybridized carbons (Fsp3) is 1.00. The first kappa shape index (κ1) is 7.65. The minimum atomic E-state index is 0.547. The van der Waals surface area contributed by atoms with Crippen molar-refractivity contribution < 1.29 is 0 Å². The van der Waals surface area contributed by atoms with Crippen molar-refractivity contribution in [3.8, 4) is 0 Å². The van der Waals surface area contributed by atoms with Crippen LogP contribution in [0.5, 0.6) is 0 Å². The predicted octanol–water partition coefficient (Wildman–Crippen LogP) is -0.801. The molecule has 0 amide bonds. The molecule has 0 spiro atoms. The summed E-state index contributed by atoms with van der Waals surface area (Å²) in [6.45, 7) is 7.26. The maximum Gasteiger partial charge on any atom is 0.00805 e. The largest absolute Gasteiger partial charge is 0.0773 e. The zero-order valence-corrected chi connectivity index (χ0v) is 9.94. The van der Waals surface area contributed by atoms with Gasteiger partial charge in [0.15, 0.2) is 0 Å². The smallest absolute Gasteiger partial charge is 0.00805 e. The maximum absolute atomic E-state index is 2.47. The Kier molecular flexibility index (Phi) is 5.25. The summed E-state index contributed by atoms with van der Waals surface area (Å²) < 4.78 is 0. The first-order chi connectivity index (χ1) is 3.27. The van der Waals surface area contributed by atoms with Gasteiger partial charge < -0.3 is 0 Å². The van der Waals surface area contributed by atoms with Crippen LogP contribution >= 0.6 is 0 Å². The van der Waals surface area contributed by atoms with Crippen LogP contribution in [-0.4, -0.2) is 26.6 Å². The first-order valence-electron chi connectivity index (χ1n) is 3.27. The summed E-state index contributed by atoms with van der Waals surface area (Å²) in [5, 5.41) is 0. The van der Waals surface area contributed by atoms with Gasteiger partial charge in [0.1, 0.15) is 0 Å². The molecule has 0 heterocycles. The zero-order chi connectivity index (χ0) is 5.70. The molecule has 7 heavy (non-hydrogen) atoms. The van der Waals surface area contributed by atoms with Crippen molar-refractivity contribution in [2.75, 3.05) is 0 Å². The second-order valence-corrected chi connectivity index (χ2v) is 19.7. The van der Waals surface area contributed by atoms with E-state index in [0.717, 1.165) is 5.54 Å². The minimum Gasteiger partial charge on any atom is -0.0773 e. The van der Waals surface area contributed by atoms with Crippen LogP contribution in [0.15, 0.2) is 0 Å². The van der Waals surface area contributed by atoms with Gasteiger partial charge >= 0.3 is 0 Å². The van der Waals surface area contributed by atoms with Crippen LogP contribution in [0.25, 0.3) is 0 Å². The van der Waals surface area contributed by atoms with Crippen LogP contribution in [0.3, 0.4) is 0 Å². The van der Waals surface area contributed by atoms with E-state index < -0.39 is 0 Å². The van der Waals surface area contributed by atoms with Crippen LogP contribution in [-0.2, 0) is 0 Å². The van der Waals surface area contributed by atoms with Crippen LogP contribution in [0, 0.1) is 0 Å². The van der Waals surface area contributed by atoms with Crippen LogP contribution < -0.4 is 0 Å². The van der Waals surface area contributed by atoms with Gasteiger partial charge in [0.25, 0.3) is 0 Å². The van der Waals surface area contributed by atoms with Gasteiger partial charge in [-0.3, -0.25) is 0 Å². The highest BCUT2D eigenvalue weighted by molar-refractivity contribution is 7.29. The van der Waals surface area contributed by atoms with Crippen molar-refractivity contribution in [1.29, 1.82) is 0 Å². The molecular formula is C4H16Si3. The highest BCUT2D eigenvalue weighted by Gasteiger charge is 1.91. The summed E-state index contributed by atoms with van der Waals surface area (Å²) in [4.78, 5) is 0. The normalized spacial score (nSPS) is 15.4. The van der Waals surface area contributed by atoms with E-state index in [1.165, 1.54) is 0 Å². The lowest BCUT2D eigenvalue weighted by Gasteiger charge is -1.96. The molecule has 0 atom stereocenters. The monoisotopic (exact) mass is 148 g/mol. The Bertz CT molecular complexity index is 35.9. The van der Waals surface area contributed by atoms with Gasteiger partial charge in [0, 0.05) is 18.1 Å². The minimum absolute atomic E-state index is 0.547. The summed E-state index contributed by atoms with van der Waals surface area (Å²) in [6.07, 6.45) is 0. The Morgan fingerprint density at radius 3 is 2.00 bits per heavy atom. The second-order valence-electron chi connectivity index (χ2n) is 2.54. The first-order valence-corrected chi connectivity index (χ1v) is 13.5. The summed E-state index contributed by atoms with van der Waals surface area (Å²) in [5.74, 6) is 0. The molecule has 0 aliphatic rings. The summed E-state index contributed by atoms with van der Waals surface area (Å²) in [6, 6.07) is 0. The molecular weight excluding hydrogens is 132 g/mol. The molecule has 0 radical (unpaired) electrons. The molecule has 0 aliphatic heterocycles. The lowest BCUT2D eigenvalue weighted by molar-refractivity contribution is 1.07. The van der Waals surface area contributed by atoms with Crippen LogP contribution in [0.1, 0.15) is 13.8 Å². The fourth-order valence-electron chi connectivity index (χ4n) is 0.612. The fourth-order valence-corrected chi connectivity index (χ4v) is 16.5. The zero-order valence-electron chi connectivity index (χ0n) is 5.70. The van der Waals surface area contributed by atoms with Crippen molar-refractivity contribution in [3.05, 3.63) is 0 Å².